The highest BCUT2D eigenvalue weighted by Gasteiger charge is 2.05. The number of fused-ring (bicyclic) bond motifs is 1. The van der Waals surface area contributed by atoms with Crippen molar-refractivity contribution in [2.75, 3.05) is 6.54 Å². The fourth-order valence-corrected chi connectivity index (χ4v) is 2.79. The zero-order valence-corrected chi connectivity index (χ0v) is 12.5. The van der Waals surface area contributed by atoms with Crippen LogP contribution in [-0.4, -0.2) is 11.1 Å². The Morgan fingerprint density at radius 1 is 0.952 bits per heavy atom. The van der Waals surface area contributed by atoms with Gasteiger partial charge in [-0.2, -0.15) is 0 Å². The molecule has 0 bridgehead atoms. The van der Waals surface area contributed by atoms with Crippen LogP contribution >= 0.6 is 0 Å². The molecule has 0 saturated carbocycles. The van der Waals surface area contributed by atoms with Gasteiger partial charge in [0, 0.05) is 30.2 Å². The summed E-state index contributed by atoms with van der Waals surface area (Å²) in [6.07, 6.45) is 3.28. The third kappa shape index (κ3) is 3.17. The molecule has 0 spiro atoms. The summed E-state index contributed by atoms with van der Waals surface area (Å²) in [5.74, 6) is 0. The number of aryl methyl sites for hydroxylation is 2. The van der Waals surface area contributed by atoms with Crippen LogP contribution in [0.5, 0.6) is 0 Å². The molecule has 0 aliphatic rings. The first kappa shape index (κ1) is 13.9. The molecule has 0 saturated heterocycles. The lowest BCUT2D eigenvalue weighted by atomic mass is 10.1. The van der Waals surface area contributed by atoms with Crippen molar-refractivity contribution in [3.05, 3.63) is 71.9 Å². The standard InChI is InChI=1S/C19H22N2/c1-2-20-15-17-9-6-10-19-18(17)12-14-21(19)13-11-16-7-4-3-5-8-16/h3-10,12,14,20H,2,11,13,15H2,1H3. The number of nitrogens with one attached hydrogen (secondary N) is 1. The maximum atomic E-state index is 3.41. The highest BCUT2D eigenvalue weighted by Crippen LogP contribution is 2.20. The fourth-order valence-electron chi connectivity index (χ4n) is 2.79. The molecule has 2 nitrogen and oxygen atoms in total. The molecule has 0 radical (unpaired) electrons. The molecule has 108 valence electrons. The van der Waals surface area contributed by atoms with Gasteiger partial charge in [0.2, 0.25) is 0 Å². The highest BCUT2D eigenvalue weighted by atomic mass is 14.9. The van der Waals surface area contributed by atoms with E-state index in [-0.39, 0.29) is 0 Å². The Bertz CT molecular complexity index is 698. The van der Waals surface area contributed by atoms with Gasteiger partial charge in [-0.3, -0.25) is 0 Å². The van der Waals surface area contributed by atoms with Gasteiger partial charge in [-0.15, -0.1) is 0 Å². The topological polar surface area (TPSA) is 17.0 Å². The Hall–Kier alpha value is -2.06. The van der Waals surface area contributed by atoms with E-state index in [1.54, 1.807) is 0 Å². The number of hydrogen-bond donors (Lipinski definition) is 1. The third-order valence-corrected chi connectivity index (χ3v) is 3.95. The van der Waals surface area contributed by atoms with Crippen LogP contribution in [-0.2, 0) is 19.5 Å². The summed E-state index contributed by atoms with van der Waals surface area (Å²) in [6.45, 7) is 5.12. The minimum atomic E-state index is 0.941. The van der Waals surface area contributed by atoms with Crippen molar-refractivity contribution in [2.24, 2.45) is 0 Å². The number of aromatic nitrogens is 1. The zero-order valence-electron chi connectivity index (χ0n) is 12.5. The van der Waals surface area contributed by atoms with Crippen molar-refractivity contribution < 1.29 is 0 Å². The zero-order chi connectivity index (χ0) is 14.5. The second-order valence-corrected chi connectivity index (χ2v) is 5.37. The summed E-state index contributed by atoms with van der Waals surface area (Å²) in [7, 11) is 0. The molecule has 1 N–H and O–H groups in total. The Morgan fingerprint density at radius 3 is 2.62 bits per heavy atom. The average molecular weight is 278 g/mol. The van der Waals surface area contributed by atoms with E-state index in [1.807, 2.05) is 0 Å². The van der Waals surface area contributed by atoms with Gasteiger partial charge >= 0.3 is 0 Å². The van der Waals surface area contributed by atoms with Gasteiger partial charge in [0.25, 0.3) is 0 Å². The summed E-state index contributed by atoms with van der Waals surface area (Å²) in [6, 6.07) is 19.5. The fraction of sp³-hybridized carbons (Fsp3) is 0.263. The van der Waals surface area contributed by atoms with Crippen LogP contribution in [0, 0.1) is 0 Å². The number of benzene rings is 2. The molecule has 1 aromatic heterocycles. The van der Waals surface area contributed by atoms with E-state index in [9.17, 15) is 0 Å². The maximum absolute atomic E-state index is 3.41. The van der Waals surface area contributed by atoms with Gasteiger partial charge in [-0.1, -0.05) is 49.4 Å². The second-order valence-electron chi connectivity index (χ2n) is 5.37. The maximum Gasteiger partial charge on any atom is 0.0483 e. The Kier molecular flexibility index (Phi) is 4.37. The summed E-state index contributed by atoms with van der Waals surface area (Å²) in [4.78, 5) is 0. The summed E-state index contributed by atoms with van der Waals surface area (Å²) >= 11 is 0. The molecule has 0 fully saturated rings. The minimum absolute atomic E-state index is 0.941. The predicted octanol–water partition coefficient (Wildman–Crippen LogP) is 3.99. The summed E-state index contributed by atoms with van der Waals surface area (Å²) in [5.41, 5.74) is 4.11. The minimum Gasteiger partial charge on any atom is -0.347 e. The van der Waals surface area contributed by atoms with Gasteiger partial charge in [0.15, 0.2) is 0 Å². The molecule has 0 aliphatic heterocycles. The van der Waals surface area contributed by atoms with Crippen LogP contribution in [0.4, 0.5) is 0 Å². The average Bonchev–Trinajstić information content (AvgIpc) is 2.96. The van der Waals surface area contributed by atoms with Crippen LogP contribution in [0.3, 0.4) is 0 Å². The molecule has 3 rings (SSSR count). The van der Waals surface area contributed by atoms with Crippen LogP contribution in [0.1, 0.15) is 18.1 Å². The third-order valence-electron chi connectivity index (χ3n) is 3.95. The van der Waals surface area contributed by atoms with Crippen LogP contribution in [0.15, 0.2) is 60.8 Å². The molecule has 0 unspecified atom stereocenters. The molecule has 2 aromatic carbocycles. The predicted molar refractivity (Wildman–Crippen MR) is 89.5 cm³/mol. The number of nitrogens with zero attached hydrogens (tertiary/aromatic N) is 1. The van der Waals surface area contributed by atoms with Gasteiger partial charge < -0.3 is 9.88 Å². The monoisotopic (exact) mass is 278 g/mol. The van der Waals surface area contributed by atoms with E-state index in [0.717, 1.165) is 26.1 Å². The lowest BCUT2D eigenvalue weighted by molar-refractivity contribution is 0.721. The normalized spacial score (nSPS) is 11.1. The largest absolute Gasteiger partial charge is 0.347 e. The van der Waals surface area contributed by atoms with Gasteiger partial charge in [-0.05, 0) is 36.2 Å². The van der Waals surface area contributed by atoms with E-state index in [4.69, 9.17) is 0 Å². The van der Waals surface area contributed by atoms with Crippen molar-refractivity contribution in [3.63, 3.8) is 0 Å². The molecular formula is C19H22N2. The first-order valence-corrected chi connectivity index (χ1v) is 7.70. The van der Waals surface area contributed by atoms with Gasteiger partial charge in [0.05, 0.1) is 0 Å². The first-order valence-electron chi connectivity index (χ1n) is 7.70. The lowest BCUT2D eigenvalue weighted by Crippen LogP contribution is -2.11. The van der Waals surface area contributed by atoms with Crippen molar-refractivity contribution in [2.45, 2.75) is 26.4 Å². The number of hydrogen-bond acceptors (Lipinski definition) is 1. The van der Waals surface area contributed by atoms with Crippen molar-refractivity contribution >= 4 is 10.9 Å². The van der Waals surface area contributed by atoms with Crippen molar-refractivity contribution in [1.82, 2.24) is 9.88 Å². The summed E-state index contributed by atoms with van der Waals surface area (Å²) < 4.78 is 2.36. The second kappa shape index (κ2) is 6.59. The smallest absolute Gasteiger partial charge is 0.0483 e. The first-order chi connectivity index (χ1) is 10.4. The van der Waals surface area contributed by atoms with E-state index >= 15 is 0 Å². The molecule has 3 aromatic rings. The Labute approximate surface area is 126 Å². The molecule has 0 aliphatic carbocycles. The van der Waals surface area contributed by atoms with E-state index in [1.165, 1.54) is 22.0 Å². The van der Waals surface area contributed by atoms with E-state index in [2.05, 4.69) is 77.6 Å². The van der Waals surface area contributed by atoms with Crippen LogP contribution < -0.4 is 5.32 Å². The molecule has 1 heterocycles. The van der Waals surface area contributed by atoms with Crippen molar-refractivity contribution in [3.8, 4) is 0 Å². The molecule has 2 heteroatoms. The quantitative estimate of drug-likeness (QED) is 0.721. The van der Waals surface area contributed by atoms with Gasteiger partial charge in [-0.25, -0.2) is 0 Å². The molecular weight excluding hydrogens is 256 g/mol. The Balaban J connectivity index is 1.80. The highest BCUT2D eigenvalue weighted by molar-refractivity contribution is 5.83. The number of rotatable bonds is 6. The van der Waals surface area contributed by atoms with Crippen LogP contribution in [0.2, 0.25) is 0 Å². The lowest BCUT2D eigenvalue weighted by Gasteiger charge is -2.08. The van der Waals surface area contributed by atoms with E-state index in [0.29, 0.717) is 0 Å². The molecule has 21 heavy (non-hydrogen) atoms. The van der Waals surface area contributed by atoms with Gasteiger partial charge in [0.1, 0.15) is 0 Å². The summed E-state index contributed by atoms with van der Waals surface area (Å²) in [5, 5.41) is 4.78. The van der Waals surface area contributed by atoms with E-state index < -0.39 is 0 Å². The Morgan fingerprint density at radius 2 is 1.81 bits per heavy atom. The molecule has 0 atom stereocenters. The van der Waals surface area contributed by atoms with Crippen molar-refractivity contribution in [1.29, 1.82) is 0 Å². The van der Waals surface area contributed by atoms with Crippen LogP contribution in [0.25, 0.3) is 10.9 Å². The SMILES string of the molecule is CCNCc1cccc2c1ccn2CCc1ccccc1. The molecule has 0 amide bonds.